The van der Waals surface area contributed by atoms with Gasteiger partial charge in [0.15, 0.2) is 0 Å². The fourth-order valence-electron chi connectivity index (χ4n) is 2.69. The molecular weight excluding hydrogens is 276 g/mol. The van der Waals surface area contributed by atoms with Crippen LogP contribution in [0, 0.1) is 12.8 Å². The van der Waals surface area contributed by atoms with Crippen LogP contribution in [-0.4, -0.2) is 20.6 Å². The number of hydrogen-bond donors (Lipinski definition) is 1. The van der Waals surface area contributed by atoms with E-state index in [0.29, 0.717) is 11.7 Å². The zero-order valence-electron chi connectivity index (χ0n) is 11.1. The number of halogens is 1. The maximum atomic E-state index is 10.9. The largest absolute Gasteiger partial charge is 0.481 e. The third-order valence-corrected chi connectivity index (χ3v) is 4.00. The second-order valence-corrected chi connectivity index (χ2v) is 5.73. The van der Waals surface area contributed by atoms with Gasteiger partial charge in [-0.1, -0.05) is 29.8 Å². The van der Waals surface area contributed by atoms with Crippen LogP contribution in [0.3, 0.4) is 0 Å². The third-order valence-electron chi connectivity index (χ3n) is 3.81. The molecule has 5 heteroatoms. The molecule has 0 aliphatic heterocycles. The molecule has 1 saturated carbocycles. The summed E-state index contributed by atoms with van der Waals surface area (Å²) in [6, 6.07) is 6.21. The molecule has 4 nitrogen and oxygen atoms in total. The number of rotatable bonds is 4. The smallest absolute Gasteiger partial charge is 0.307 e. The first-order valence-corrected chi connectivity index (χ1v) is 6.92. The van der Waals surface area contributed by atoms with Gasteiger partial charge in [-0.15, -0.1) is 0 Å². The number of carbonyl (C=O) groups is 1. The zero-order valence-corrected chi connectivity index (χ0v) is 11.8. The van der Waals surface area contributed by atoms with Gasteiger partial charge in [0.05, 0.1) is 12.2 Å². The van der Waals surface area contributed by atoms with Crippen molar-refractivity contribution in [2.75, 3.05) is 0 Å². The fourth-order valence-corrected chi connectivity index (χ4v) is 2.86. The fraction of sp³-hybridized carbons (Fsp3) is 0.333. The summed E-state index contributed by atoms with van der Waals surface area (Å²) in [4.78, 5) is 14.9. The Hall–Kier alpha value is -1.81. The maximum absolute atomic E-state index is 10.9. The molecule has 0 radical (unpaired) electrons. The lowest BCUT2D eigenvalue weighted by atomic mass is 10.0. The molecule has 0 unspecified atom stereocenters. The molecule has 20 heavy (non-hydrogen) atoms. The van der Waals surface area contributed by atoms with Gasteiger partial charge in [-0.2, -0.15) is 0 Å². The van der Waals surface area contributed by atoms with Crippen molar-refractivity contribution in [1.29, 1.82) is 0 Å². The number of hydrogen-bond acceptors (Lipinski definition) is 2. The number of imidazole rings is 1. The highest BCUT2D eigenvalue weighted by atomic mass is 35.5. The first kappa shape index (κ1) is 13.2. The third kappa shape index (κ3) is 2.56. The van der Waals surface area contributed by atoms with Crippen LogP contribution in [-0.2, 0) is 11.3 Å². The highest BCUT2D eigenvalue weighted by Crippen LogP contribution is 2.48. The minimum absolute atomic E-state index is 0.184. The van der Waals surface area contributed by atoms with Crippen molar-refractivity contribution in [2.24, 2.45) is 5.92 Å². The average Bonchev–Trinajstić information content (AvgIpc) is 3.07. The number of carboxylic acids is 1. The van der Waals surface area contributed by atoms with E-state index in [1.165, 1.54) is 0 Å². The van der Waals surface area contributed by atoms with Crippen molar-refractivity contribution in [3.05, 3.63) is 52.6 Å². The summed E-state index contributed by atoms with van der Waals surface area (Å²) in [5.41, 5.74) is 3.47. The lowest BCUT2D eigenvalue weighted by molar-refractivity contribution is -0.138. The summed E-state index contributed by atoms with van der Waals surface area (Å²) < 4.78 is 1.92. The van der Waals surface area contributed by atoms with Crippen molar-refractivity contribution < 1.29 is 9.90 Å². The summed E-state index contributed by atoms with van der Waals surface area (Å²) in [5, 5.41) is 9.49. The number of carboxylic acid groups (broad SMARTS) is 1. The average molecular weight is 291 g/mol. The van der Waals surface area contributed by atoms with Crippen molar-refractivity contribution in [2.45, 2.75) is 25.8 Å². The van der Waals surface area contributed by atoms with Gasteiger partial charge in [-0.25, -0.2) is 4.98 Å². The van der Waals surface area contributed by atoms with Gasteiger partial charge in [0, 0.05) is 12.7 Å². The zero-order chi connectivity index (χ0) is 14.3. The van der Waals surface area contributed by atoms with Crippen molar-refractivity contribution >= 4 is 17.6 Å². The number of aryl methyl sites for hydroxylation is 1. The Kier molecular flexibility index (Phi) is 3.26. The molecule has 1 aliphatic carbocycles. The standard InChI is InChI=1S/C15H15ClN2O2/c1-9-4-10(6-18-7-14(16)17-8-18)2-3-11(9)12-5-13(12)15(19)20/h2-4,7-8,12-13H,5-6H2,1H3,(H,19,20)/t12-,13+/m1/s1. The van der Waals surface area contributed by atoms with E-state index in [4.69, 9.17) is 16.7 Å². The van der Waals surface area contributed by atoms with Gasteiger partial charge < -0.3 is 9.67 Å². The maximum Gasteiger partial charge on any atom is 0.307 e. The van der Waals surface area contributed by atoms with E-state index in [1.54, 1.807) is 12.5 Å². The van der Waals surface area contributed by atoms with Gasteiger partial charge in [-0.05, 0) is 36.0 Å². The van der Waals surface area contributed by atoms with E-state index < -0.39 is 5.97 Å². The van der Waals surface area contributed by atoms with Crippen LogP contribution in [0.4, 0.5) is 0 Å². The van der Waals surface area contributed by atoms with Crippen LogP contribution in [0.25, 0.3) is 0 Å². The SMILES string of the molecule is Cc1cc(Cn2cnc(Cl)c2)ccc1[C@H]1C[C@@H]1C(=O)O. The molecule has 1 N–H and O–H groups in total. The number of nitrogens with zero attached hydrogens (tertiary/aromatic N) is 2. The summed E-state index contributed by atoms with van der Waals surface area (Å²) in [7, 11) is 0. The number of aliphatic carboxylic acids is 1. The van der Waals surface area contributed by atoms with Gasteiger partial charge in [0.25, 0.3) is 0 Å². The van der Waals surface area contributed by atoms with Crippen molar-refractivity contribution in [3.63, 3.8) is 0 Å². The number of benzene rings is 1. The second-order valence-electron chi connectivity index (χ2n) is 5.35. The van der Waals surface area contributed by atoms with E-state index in [2.05, 4.69) is 17.1 Å². The highest BCUT2D eigenvalue weighted by Gasteiger charge is 2.44. The van der Waals surface area contributed by atoms with Gasteiger partial charge in [-0.3, -0.25) is 4.79 Å². The van der Waals surface area contributed by atoms with Crippen LogP contribution in [0.15, 0.2) is 30.7 Å². The molecule has 0 amide bonds. The molecule has 1 aromatic heterocycles. The summed E-state index contributed by atoms with van der Waals surface area (Å²) in [5.74, 6) is -0.706. The Labute approximate surface area is 122 Å². The van der Waals surface area contributed by atoms with Crippen LogP contribution < -0.4 is 0 Å². The van der Waals surface area contributed by atoms with Crippen molar-refractivity contribution in [3.8, 4) is 0 Å². The van der Waals surface area contributed by atoms with E-state index in [1.807, 2.05) is 17.6 Å². The molecular formula is C15H15ClN2O2. The Morgan fingerprint density at radius 3 is 2.90 bits per heavy atom. The summed E-state index contributed by atoms with van der Waals surface area (Å²) in [6.07, 6.45) is 4.24. The normalized spacial score (nSPS) is 20.9. The molecule has 0 bridgehead atoms. The minimum atomic E-state index is -0.688. The van der Waals surface area contributed by atoms with Crippen LogP contribution in [0.2, 0.25) is 5.15 Å². The molecule has 2 atom stereocenters. The predicted octanol–water partition coefficient (Wildman–Crippen LogP) is 3.08. The molecule has 1 fully saturated rings. The first-order chi connectivity index (χ1) is 9.54. The molecule has 0 spiro atoms. The minimum Gasteiger partial charge on any atom is -0.481 e. The van der Waals surface area contributed by atoms with E-state index in [-0.39, 0.29) is 11.8 Å². The Bertz CT molecular complexity index is 666. The quantitative estimate of drug-likeness (QED) is 0.941. The van der Waals surface area contributed by atoms with Gasteiger partial charge >= 0.3 is 5.97 Å². The Morgan fingerprint density at radius 2 is 2.35 bits per heavy atom. The van der Waals surface area contributed by atoms with E-state index >= 15 is 0 Å². The lowest BCUT2D eigenvalue weighted by Crippen LogP contribution is -2.01. The second kappa shape index (κ2) is 4.94. The first-order valence-electron chi connectivity index (χ1n) is 6.54. The van der Waals surface area contributed by atoms with Gasteiger partial charge in [0.2, 0.25) is 0 Å². The summed E-state index contributed by atoms with van der Waals surface area (Å²) in [6.45, 7) is 2.75. The van der Waals surface area contributed by atoms with Crippen LogP contribution in [0.1, 0.15) is 29.0 Å². The molecule has 0 saturated heterocycles. The highest BCUT2D eigenvalue weighted by molar-refractivity contribution is 6.29. The lowest BCUT2D eigenvalue weighted by Gasteiger charge is -2.08. The number of aromatic nitrogens is 2. The van der Waals surface area contributed by atoms with Crippen LogP contribution in [0.5, 0.6) is 0 Å². The molecule has 104 valence electrons. The van der Waals surface area contributed by atoms with Gasteiger partial charge in [0.1, 0.15) is 5.15 Å². The monoisotopic (exact) mass is 290 g/mol. The molecule has 2 aromatic rings. The predicted molar refractivity (Wildman–Crippen MR) is 76.0 cm³/mol. The topological polar surface area (TPSA) is 55.1 Å². The van der Waals surface area contributed by atoms with E-state index in [9.17, 15) is 4.79 Å². The van der Waals surface area contributed by atoms with E-state index in [0.717, 1.165) is 23.1 Å². The Morgan fingerprint density at radius 1 is 1.55 bits per heavy atom. The molecule has 3 rings (SSSR count). The Balaban J connectivity index is 1.76. The van der Waals surface area contributed by atoms with Crippen LogP contribution >= 0.6 is 11.6 Å². The summed E-state index contributed by atoms with van der Waals surface area (Å²) >= 11 is 5.79. The molecule has 1 heterocycles. The van der Waals surface area contributed by atoms with Crippen molar-refractivity contribution in [1.82, 2.24) is 9.55 Å². The molecule has 1 aromatic carbocycles. The molecule has 1 aliphatic rings.